The summed E-state index contributed by atoms with van der Waals surface area (Å²) in [7, 11) is 0. The van der Waals surface area contributed by atoms with Crippen LogP contribution in [0, 0.1) is 0 Å². The number of nitrogens with zero attached hydrogens (tertiary/aromatic N) is 3. The minimum Gasteiger partial charge on any atom is -0.369 e. The Morgan fingerprint density at radius 3 is 2.60 bits per heavy atom. The van der Waals surface area contributed by atoms with E-state index in [1.165, 1.54) is 0 Å². The van der Waals surface area contributed by atoms with Crippen LogP contribution in [0.3, 0.4) is 0 Å². The molecule has 1 saturated heterocycles. The first-order valence-electron chi connectivity index (χ1n) is 8.54. The average Bonchev–Trinajstić information content (AvgIpc) is 2.66. The number of anilines is 1. The molecule has 1 aliphatic rings. The van der Waals surface area contributed by atoms with Crippen molar-refractivity contribution in [3.63, 3.8) is 0 Å². The first-order chi connectivity index (χ1) is 12.1. The third kappa shape index (κ3) is 4.71. The molecular formula is C19H23ClN4O. The lowest BCUT2D eigenvalue weighted by molar-refractivity contribution is -0.126. The summed E-state index contributed by atoms with van der Waals surface area (Å²) in [4.78, 5) is 20.9. The molecule has 25 heavy (non-hydrogen) atoms. The Bertz CT molecular complexity index is 702. The van der Waals surface area contributed by atoms with Gasteiger partial charge in [0.1, 0.15) is 0 Å². The molecule has 132 valence electrons. The highest BCUT2D eigenvalue weighted by Gasteiger charge is 2.25. The molecule has 6 heteroatoms. The monoisotopic (exact) mass is 358 g/mol. The fraction of sp³-hybridized carbons (Fsp3) is 0.368. The number of carbonyl (C=O) groups is 1. The van der Waals surface area contributed by atoms with Crippen LogP contribution >= 0.6 is 11.6 Å². The number of hydrogen-bond donors (Lipinski definition) is 1. The van der Waals surface area contributed by atoms with Gasteiger partial charge in [0.2, 0.25) is 5.91 Å². The van der Waals surface area contributed by atoms with E-state index >= 15 is 0 Å². The first kappa shape index (κ1) is 17.7. The van der Waals surface area contributed by atoms with Gasteiger partial charge in [-0.15, -0.1) is 0 Å². The third-order valence-corrected chi connectivity index (χ3v) is 4.87. The summed E-state index contributed by atoms with van der Waals surface area (Å²) >= 11 is 6.08. The molecule has 2 heterocycles. The van der Waals surface area contributed by atoms with Crippen molar-refractivity contribution in [1.82, 2.24) is 15.2 Å². The molecule has 0 spiro atoms. The number of hydrogen-bond acceptors (Lipinski definition) is 4. The molecule has 1 atom stereocenters. The molecule has 0 radical (unpaired) electrons. The number of rotatable bonds is 5. The maximum atomic E-state index is 12.4. The highest BCUT2D eigenvalue weighted by Crippen LogP contribution is 2.21. The van der Waals surface area contributed by atoms with Gasteiger partial charge in [0.25, 0.3) is 0 Å². The fourth-order valence-electron chi connectivity index (χ4n) is 3.04. The highest BCUT2D eigenvalue weighted by molar-refractivity contribution is 6.30. The molecule has 0 aliphatic carbocycles. The van der Waals surface area contributed by atoms with Crippen molar-refractivity contribution in [2.45, 2.75) is 19.5 Å². The zero-order valence-electron chi connectivity index (χ0n) is 14.4. The maximum absolute atomic E-state index is 12.4. The molecule has 0 unspecified atom stereocenters. The molecule has 1 aliphatic heterocycles. The van der Waals surface area contributed by atoms with Gasteiger partial charge in [-0.2, -0.15) is 0 Å². The summed E-state index contributed by atoms with van der Waals surface area (Å²) < 4.78 is 0. The normalized spacial score (nSPS) is 16.5. The molecule has 1 aromatic heterocycles. The molecule has 1 amide bonds. The standard InChI is InChI=1S/C19H23ClN4O/c1-15(19(25)22-14-16-5-7-21-8-6-16)23-9-11-24(12-10-23)18-4-2-3-17(20)13-18/h2-8,13,15H,9-12,14H2,1H3,(H,22,25)/t15-/m1/s1. The predicted octanol–water partition coefficient (Wildman–Crippen LogP) is 2.56. The van der Waals surface area contributed by atoms with Gasteiger partial charge in [0.15, 0.2) is 0 Å². The van der Waals surface area contributed by atoms with E-state index in [1.807, 2.05) is 37.3 Å². The van der Waals surface area contributed by atoms with E-state index in [0.717, 1.165) is 42.5 Å². The molecule has 5 nitrogen and oxygen atoms in total. The molecule has 1 N–H and O–H groups in total. The second kappa shape index (κ2) is 8.32. The van der Waals surface area contributed by atoms with Crippen LogP contribution in [0.5, 0.6) is 0 Å². The van der Waals surface area contributed by atoms with Gasteiger partial charge in [0.05, 0.1) is 6.04 Å². The van der Waals surface area contributed by atoms with Gasteiger partial charge < -0.3 is 10.2 Å². The zero-order valence-corrected chi connectivity index (χ0v) is 15.1. The number of benzene rings is 1. The molecular weight excluding hydrogens is 336 g/mol. The molecule has 3 rings (SSSR count). The number of piperazine rings is 1. The summed E-state index contributed by atoms with van der Waals surface area (Å²) in [6.07, 6.45) is 3.47. The van der Waals surface area contributed by atoms with Crippen molar-refractivity contribution in [3.8, 4) is 0 Å². The minimum atomic E-state index is -0.136. The van der Waals surface area contributed by atoms with Gasteiger partial charge in [-0.3, -0.25) is 14.7 Å². The minimum absolute atomic E-state index is 0.0630. The quantitative estimate of drug-likeness (QED) is 0.892. The van der Waals surface area contributed by atoms with Crippen molar-refractivity contribution in [1.29, 1.82) is 0 Å². The van der Waals surface area contributed by atoms with E-state index in [9.17, 15) is 4.79 Å². The van der Waals surface area contributed by atoms with Crippen LogP contribution in [0.25, 0.3) is 0 Å². The second-order valence-electron chi connectivity index (χ2n) is 6.25. The highest BCUT2D eigenvalue weighted by atomic mass is 35.5. The Labute approximate surface area is 153 Å². The van der Waals surface area contributed by atoms with E-state index in [-0.39, 0.29) is 11.9 Å². The first-order valence-corrected chi connectivity index (χ1v) is 8.92. The predicted molar refractivity (Wildman–Crippen MR) is 101 cm³/mol. The number of nitrogens with one attached hydrogen (secondary N) is 1. The Hall–Kier alpha value is -2.11. The summed E-state index contributed by atoms with van der Waals surface area (Å²) in [6, 6.07) is 11.6. The van der Waals surface area contributed by atoms with E-state index in [0.29, 0.717) is 6.54 Å². The number of halogens is 1. The van der Waals surface area contributed by atoms with E-state index in [2.05, 4.69) is 26.2 Å². The average molecular weight is 359 g/mol. The van der Waals surface area contributed by atoms with Crippen LogP contribution in [0.15, 0.2) is 48.8 Å². The number of carbonyl (C=O) groups excluding carboxylic acids is 1. The number of pyridine rings is 1. The van der Waals surface area contributed by atoms with Crippen molar-refractivity contribution in [3.05, 3.63) is 59.4 Å². The van der Waals surface area contributed by atoms with Crippen LogP contribution in [-0.4, -0.2) is 48.0 Å². The van der Waals surface area contributed by atoms with Gasteiger partial charge >= 0.3 is 0 Å². The molecule has 1 fully saturated rings. The number of aromatic nitrogens is 1. The lowest BCUT2D eigenvalue weighted by Gasteiger charge is -2.38. The maximum Gasteiger partial charge on any atom is 0.237 e. The Balaban J connectivity index is 1.49. The third-order valence-electron chi connectivity index (χ3n) is 4.63. The smallest absolute Gasteiger partial charge is 0.237 e. The Morgan fingerprint density at radius 1 is 1.20 bits per heavy atom. The molecule has 0 bridgehead atoms. The lowest BCUT2D eigenvalue weighted by atomic mass is 10.2. The van der Waals surface area contributed by atoms with Crippen LogP contribution in [0.2, 0.25) is 5.02 Å². The van der Waals surface area contributed by atoms with Crippen LogP contribution in [0.4, 0.5) is 5.69 Å². The molecule has 2 aromatic rings. The topological polar surface area (TPSA) is 48.5 Å². The van der Waals surface area contributed by atoms with Gasteiger partial charge in [0, 0.05) is 55.8 Å². The van der Waals surface area contributed by atoms with E-state index < -0.39 is 0 Å². The Morgan fingerprint density at radius 2 is 1.92 bits per heavy atom. The van der Waals surface area contributed by atoms with Crippen LogP contribution < -0.4 is 10.2 Å². The SMILES string of the molecule is C[C@H](C(=O)NCc1ccncc1)N1CCN(c2cccc(Cl)c2)CC1. The van der Waals surface area contributed by atoms with Gasteiger partial charge in [-0.1, -0.05) is 17.7 Å². The molecule has 0 saturated carbocycles. The van der Waals surface area contributed by atoms with Crippen LogP contribution in [-0.2, 0) is 11.3 Å². The van der Waals surface area contributed by atoms with E-state index in [1.54, 1.807) is 12.4 Å². The van der Waals surface area contributed by atoms with Crippen LogP contribution in [0.1, 0.15) is 12.5 Å². The summed E-state index contributed by atoms with van der Waals surface area (Å²) in [5.41, 5.74) is 2.20. The van der Waals surface area contributed by atoms with Gasteiger partial charge in [-0.25, -0.2) is 0 Å². The summed E-state index contributed by atoms with van der Waals surface area (Å²) in [6.45, 7) is 6.00. The summed E-state index contributed by atoms with van der Waals surface area (Å²) in [5.74, 6) is 0.0630. The van der Waals surface area contributed by atoms with E-state index in [4.69, 9.17) is 11.6 Å². The Kier molecular flexibility index (Phi) is 5.89. The van der Waals surface area contributed by atoms with Crippen molar-refractivity contribution >= 4 is 23.2 Å². The number of amides is 1. The largest absolute Gasteiger partial charge is 0.369 e. The van der Waals surface area contributed by atoms with Crippen molar-refractivity contribution in [2.24, 2.45) is 0 Å². The fourth-order valence-corrected chi connectivity index (χ4v) is 3.23. The van der Waals surface area contributed by atoms with Crippen molar-refractivity contribution < 1.29 is 4.79 Å². The molecule has 1 aromatic carbocycles. The van der Waals surface area contributed by atoms with Crippen molar-refractivity contribution in [2.75, 3.05) is 31.1 Å². The summed E-state index contributed by atoms with van der Waals surface area (Å²) in [5, 5.41) is 3.76. The van der Waals surface area contributed by atoms with Gasteiger partial charge in [-0.05, 0) is 42.8 Å². The second-order valence-corrected chi connectivity index (χ2v) is 6.69. The zero-order chi connectivity index (χ0) is 17.6. The lowest BCUT2D eigenvalue weighted by Crippen LogP contribution is -2.53.